The lowest BCUT2D eigenvalue weighted by molar-refractivity contribution is 0.689. The van der Waals surface area contributed by atoms with Gasteiger partial charge in [0.1, 0.15) is 0 Å². The third-order valence-corrected chi connectivity index (χ3v) is 4.92. The summed E-state index contributed by atoms with van der Waals surface area (Å²) in [5, 5.41) is 0. The standard InChI is InChI=1S/C19H22N2/c1-20-13-11-17-16(7-4-10-19(17)20)14-21-12-5-8-15-6-2-3-9-18(15)21/h2-4,6-7,9-10H,5,8,11-14H2,1H3. The highest BCUT2D eigenvalue weighted by atomic mass is 15.1. The summed E-state index contributed by atoms with van der Waals surface area (Å²) >= 11 is 0. The molecule has 0 unspecified atom stereocenters. The molecule has 0 saturated heterocycles. The van der Waals surface area contributed by atoms with Gasteiger partial charge in [0.15, 0.2) is 0 Å². The van der Waals surface area contributed by atoms with Crippen LogP contribution in [0.1, 0.15) is 23.1 Å². The van der Waals surface area contributed by atoms with Crippen LogP contribution in [0.15, 0.2) is 42.5 Å². The van der Waals surface area contributed by atoms with Crippen LogP contribution in [0, 0.1) is 0 Å². The van der Waals surface area contributed by atoms with Crippen LogP contribution >= 0.6 is 0 Å². The van der Waals surface area contributed by atoms with E-state index < -0.39 is 0 Å². The lowest BCUT2D eigenvalue weighted by Gasteiger charge is -2.32. The Morgan fingerprint density at radius 2 is 1.76 bits per heavy atom. The van der Waals surface area contributed by atoms with Gasteiger partial charge < -0.3 is 9.80 Å². The van der Waals surface area contributed by atoms with Gasteiger partial charge in [-0.15, -0.1) is 0 Å². The molecule has 2 heteroatoms. The number of nitrogens with zero attached hydrogens (tertiary/aromatic N) is 2. The van der Waals surface area contributed by atoms with Gasteiger partial charge in [-0.1, -0.05) is 30.3 Å². The maximum absolute atomic E-state index is 2.56. The second-order valence-electron chi connectivity index (χ2n) is 6.24. The Hall–Kier alpha value is -1.96. The molecule has 0 saturated carbocycles. The molecular formula is C19H22N2. The summed E-state index contributed by atoms with van der Waals surface area (Å²) in [6.45, 7) is 3.38. The molecule has 4 rings (SSSR count). The number of rotatable bonds is 2. The Morgan fingerprint density at radius 3 is 2.71 bits per heavy atom. The first-order valence-corrected chi connectivity index (χ1v) is 7.98. The fourth-order valence-electron chi connectivity index (χ4n) is 3.80. The van der Waals surface area contributed by atoms with Gasteiger partial charge in [0.05, 0.1) is 0 Å². The first-order chi connectivity index (χ1) is 10.3. The summed E-state index contributed by atoms with van der Waals surface area (Å²) in [6.07, 6.45) is 3.69. The van der Waals surface area contributed by atoms with E-state index in [9.17, 15) is 0 Å². The molecule has 2 aliphatic heterocycles. The molecular weight excluding hydrogens is 256 g/mol. The predicted octanol–water partition coefficient (Wildman–Crippen LogP) is 3.63. The van der Waals surface area contributed by atoms with E-state index in [0.29, 0.717) is 0 Å². The fourth-order valence-corrected chi connectivity index (χ4v) is 3.80. The van der Waals surface area contributed by atoms with Crippen LogP contribution in [-0.2, 0) is 19.4 Å². The fraction of sp³-hybridized carbons (Fsp3) is 0.368. The summed E-state index contributed by atoms with van der Waals surface area (Å²) in [6, 6.07) is 15.7. The van der Waals surface area contributed by atoms with Crippen molar-refractivity contribution in [2.24, 2.45) is 0 Å². The molecule has 0 atom stereocenters. The van der Waals surface area contributed by atoms with Crippen LogP contribution in [-0.4, -0.2) is 20.1 Å². The van der Waals surface area contributed by atoms with Crippen molar-refractivity contribution in [3.8, 4) is 0 Å². The van der Waals surface area contributed by atoms with Crippen LogP contribution in [0.25, 0.3) is 0 Å². The molecule has 2 nitrogen and oxygen atoms in total. The van der Waals surface area contributed by atoms with Crippen molar-refractivity contribution in [3.63, 3.8) is 0 Å². The lowest BCUT2D eigenvalue weighted by atomic mass is 9.99. The Balaban J connectivity index is 1.66. The van der Waals surface area contributed by atoms with E-state index in [1.54, 1.807) is 5.56 Å². The minimum absolute atomic E-state index is 1.05. The number of fused-ring (bicyclic) bond motifs is 2. The van der Waals surface area contributed by atoms with Gasteiger partial charge in [-0.2, -0.15) is 0 Å². The van der Waals surface area contributed by atoms with Crippen molar-refractivity contribution in [2.45, 2.75) is 25.8 Å². The van der Waals surface area contributed by atoms with E-state index in [4.69, 9.17) is 0 Å². The van der Waals surface area contributed by atoms with Crippen molar-refractivity contribution in [1.29, 1.82) is 0 Å². The molecule has 0 N–H and O–H groups in total. The number of anilines is 2. The molecule has 0 aromatic heterocycles. The van der Waals surface area contributed by atoms with Gasteiger partial charge in [-0.3, -0.25) is 0 Å². The second kappa shape index (κ2) is 5.10. The van der Waals surface area contributed by atoms with Crippen LogP contribution in [0.5, 0.6) is 0 Å². The minimum Gasteiger partial charge on any atom is -0.374 e. The van der Waals surface area contributed by atoms with E-state index in [2.05, 4.69) is 59.3 Å². The summed E-state index contributed by atoms with van der Waals surface area (Å²) in [5.41, 5.74) is 7.44. The summed E-state index contributed by atoms with van der Waals surface area (Å²) < 4.78 is 0. The van der Waals surface area contributed by atoms with Gasteiger partial charge in [0, 0.05) is 38.1 Å². The van der Waals surface area contributed by atoms with Crippen molar-refractivity contribution < 1.29 is 0 Å². The average Bonchev–Trinajstić information content (AvgIpc) is 2.90. The van der Waals surface area contributed by atoms with E-state index in [-0.39, 0.29) is 0 Å². The molecule has 2 aromatic rings. The molecule has 21 heavy (non-hydrogen) atoms. The SMILES string of the molecule is CN1CCc2c(CN3CCCc4ccccc43)cccc21. The van der Waals surface area contributed by atoms with Gasteiger partial charge in [0.25, 0.3) is 0 Å². The summed E-state index contributed by atoms with van der Waals surface area (Å²) in [5.74, 6) is 0. The van der Waals surface area contributed by atoms with Crippen LogP contribution in [0.4, 0.5) is 11.4 Å². The highest BCUT2D eigenvalue weighted by Crippen LogP contribution is 2.33. The number of hydrogen-bond donors (Lipinski definition) is 0. The number of benzene rings is 2. The molecule has 108 valence electrons. The Morgan fingerprint density at radius 1 is 0.905 bits per heavy atom. The molecule has 0 bridgehead atoms. The van der Waals surface area contributed by atoms with Crippen LogP contribution in [0.2, 0.25) is 0 Å². The van der Waals surface area contributed by atoms with Crippen molar-refractivity contribution in [1.82, 2.24) is 0 Å². The zero-order chi connectivity index (χ0) is 14.2. The van der Waals surface area contributed by atoms with Gasteiger partial charge in [-0.05, 0) is 48.1 Å². The average molecular weight is 278 g/mol. The maximum atomic E-state index is 2.56. The number of likely N-dealkylation sites (N-methyl/N-ethyl adjacent to an activating group) is 1. The number of para-hydroxylation sites is 1. The van der Waals surface area contributed by atoms with Crippen LogP contribution < -0.4 is 9.80 Å². The Kier molecular flexibility index (Phi) is 3.10. The third-order valence-electron chi connectivity index (χ3n) is 4.92. The van der Waals surface area contributed by atoms with Crippen molar-refractivity contribution >= 4 is 11.4 Å². The van der Waals surface area contributed by atoms with Gasteiger partial charge in [0.2, 0.25) is 0 Å². The van der Waals surface area contributed by atoms with E-state index in [1.165, 1.54) is 48.3 Å². The normalized spacial score (nSPS) is 16.8. The van der Waals surface area contributed by atoms with Gasteiger partial charge in [-0.25, -0.2) is 0 Å². The van der Waals surface area contributed by atoms with E-state index in [1.807, 2.05) is 0 Å². The van der Waals surface area contributed by atoms with Crippen molar-refractivity contribution in [3.05, 3.63) is 59.2 Å². The molecule has 0 spiro atoms. The monoisotopic (exact) mass is 278 g/mol. The van der Waals surface area contributed by atoms with Crippen LogP contribution in [0.3, 0.4) is 0 Å². The first kappa shape index (κ1) is 12.8. The molecule has 2 aliphatic rings. The maximum Gasteiger partial charge on any atom is 0.0433 e. The highest BCUT2D eigenvalue weighted by Gasteiger charge is 2.21. The molecule has 0 amide bonds. The Bertz CT molecular complexity index is 662. The molecule has 2 aromatic carbocycles. The largest absolute Gasteiger partial charge is 0.374 e. The number of hydrogen-bond acceptors (Lipinski definition) is 2. The summed E-state index contributed by atoms with van der Waals surface area (Å²) in [7, 11) is 2.20. The third kappa shape index (κ3) is 2.19. The Labute approximate surface area is 127 Å². The molecule has 0 fully saturated rings. The quantitative estimate of drug-likeness (QED) is 0.827. The minimum atomic E-state index is 1.05. The highest BCUT2D eigenvalue weighted by molar-refractivity contribution is 5.62. The molecule has 0 radical (unpaired) electrons. The van der Waals surface area contributed by atoms with E-state index in [0.717, 1.165) is 13.1 Å². The first-order valence-electron chi connectivity index (χ1n) is 7.98. The van der Waals surface area contributed by atoms with Gasteiger partial charge >= 0.3 is 0 Å². The summed E-state index contributed by atoms with van der Waals surface area (Å²) in [4.78, 5) is 4.94. The van der Waals surface area contributed by atoms with E-state index >= 15 is 0 Å². The zero-order valence-electron chi connectivity index (χ0n) is 12.7. The predicted molar refractivity (Wildman–Crippen MR) is 89.2 cm³/mol. The van der Waals surface area contributed by atoms with Crippen molar-refractivity contribution in [2.75, 3.05) is 29.9 Å². The topological polar surface area (TPSA) is 6.48 Å². The molecule has 2 heterocycles. The number of aryl methyl sites for hydroxylation is 1. The smallest absolute Gasteiger partial charge is 0.0433 e. The second-order valence-corrected chi connectivity index (χ2v) is 6.24. The molecule has 0 aliphatic carbocycles. The zero-order valence-corrected chi connectivity index (χ0v) is 12.7. The lowest BCUT2D eigenvalue weighted by Crippen LogP contribution is -2.29.